The number of piperidine rings is 1. The number of carbonyl (C=O) groups excluding carboxylic acids is 1. The van der Waals surface area contributed by atoms with Crippen LogP contribution in [-0.4, -0.2) is 32.9 Å². The first kappa shape index (κ1) is 15.9. The van der Waals surface area contributed by atoms with E-state index in [9.17, 15) is 13.6 Å². The number of nitrogens with zero attached hydrogens (tertiary/aromatic N) is 3. The van der Waals surface area contributed by atoms with Gasteiger partial charge in [0.05, 0.1) is 0 Å². The molecule has 1 amide bonds. The van der Waals surface area contributed by atoms with E-state index < -0.39 is 11.8 Å². The van der Waals surface area contributed by atoms with Crippen LogP contribution in [0.4, 0.5) is 8.78 Å². The molecule has 0 unspecified atom stereocenters. The number of amides is 1. The van der Waals surface area contributed by atoms with Gasteiger partial charge in [0.15, 0.2) is 5.82 Å². The summed E-state index contributed by atoms with van der Waals surface area (Å²) < 4.78 is 26.5. The lowest BCUT2D eigenvalue weighted by Crippen LogP contribution is -2.78. The molecule has 4 fully saturated rings. The molecule has 4 nitrogen and oxygen atoms in total. The summed E-state index contributed by atoms with van der Waals surface area (Å²) in [5.74, 6) is -2.00. The molecule has 3 heterocycles. The lowest BCUT2D eigenvalue weighted by atomic mass is 9.37. The van der Waals surface area contributed by atoms with Gasteiger partial charge >= 0.3 is 0 Å². The van der Waals surface area contributed by atoms with E-state index in [1.165, 1.54) is 17.8 Å². The molecule has 6 heteroatoms. The molecular formula is C20H19F2N3O. The number of halogens is 2. The Morgan fingerprint density at radius 3 is 2.54 bits per heavy atom. The molecule has 1 aliphatic heterocycles. The standard InChI is InChI=1S/C20H19F2N3O/c21-16-7-14(9-24-18(16)22)13-3-6-25(17(26)8-13)20-10-19(11-20,12-20)15-1-4-23-5-2-15/h1-2,4-5,7,9,13H,3,6,8,10-12H2/t13-,19?,20?/m0/s1. The van der Waals surface area contributed by atoms with Crippen molar-refractivity contribution in [2.24, 2.45) is 0 Å². The molecular weight excluding hydrogens is 336 g/mol. The van der Waals surface area contributed by atoms with Crippen molar-refractivity contribution in [3.63, 3.8) is 0 Å². The van der Waals surface area contributed by atoms with Gasteiger partial charge in [-0.15, -0.1) is 0 Å². The second-order valence-corrected chi connectivity index (χ2v) is 8.05. The number of rotatable bonds is 3. The third-order valence-electron chi connectivity index (χ3n) is 6.58. The average Bonchev–Trinajstić information content (AvgIpc) is 2.57. The van der Waals surface area contributed by atoms with Crippen molar-refractivity contribution in [3.05, 3.63) is 59.7 Å². The van der Waals surface area contributed by atoms with Crippen molar-refractivity contribution in [2.75, 3.05) is 6.54 Å². The molecule has 4 aliphatic rings. The quantitative estimate of drug-likeness (QED) is 0.794. The van der Waals surface area contributed by atoms with Crippen LogP contribution < -0.4 is 0 Å². The summed E-state index contributed by atoms with van der Waals surface area (Å²) in [6.45, 7) is 0.676. The van der Waals surface area contributed by atoms with Gasteiger partial charge in [0.25, 0.3) is 0 Å². The van der Waals surface area contributed by atoms with Gasteiger partial charge in [-0.05, 0) is 60.9 Å². The van der Waals surface area contributed by atoms with E-state index in [1.807, 2.05) is 17.3 Å². The molecule has 2 aromatic heterocycles. The Kier molecular flexibility index (Phi) is 3.24. The van der Waals surface area contributed by atoms with Gasteiger partial charge in [-0.3, -0.25) is 9.78 Å². The predicted octanol–water partition coefficient (Wildman–Crippen LogP) is 3.34. The number of pyridine rings is 2. The summed E-state index contributed by atoms with van der Waals surface area (Å²) in [6, 6.07) is 5.33. The van der Waals surface area contributed by atoms with Crippen LogP contribution in [-0.2, 0) is 10.2 Å². The zero-order valence-electron chi connectivity index (χ0n) is 14.3. The first-order valence-electron chi connectivity index (χ1n) is 9.03. The molecule has 1 saturated heterocycles. The van der Waals surface area contributed by atoms with Gasteiger partial charge in [0, 0.05) is 42.5 Å². The minimum Gasteiger partial charge on any atom is -0.337 e. The fourth-order valence-electron chi connectivity index (χ4n) is 5.31. The maximum absolute atomic E-state index is 13.4. The van der Waals surface area contributed by atoms with Gasteiger partial charge in [0.1, 0.15) is 0 Å². The summed E-state index contributed by atoms with van der Waals surface area (Å²) >= 11 is 0. The Bertz CT molecular complexity index is 866. The fourth-order valence-corrected chi connectivity index (χ4v) is 5.31. The number of likely N-dealkylation sites (tertiary alicyclic amines) is 1. The highest BCUT2D eigenvalue weighted by atomic mass is 19.2. The Labute approximate surface area is 150 Å². The third kappa shape index (κ3) is 2.14. The van der Waals surface area contributed by atoms with Crippen LogP contribution in [0.2, 0.25) is 0 Å². The summed E-state index contributed by atoms with van der Waals surface area (Å²) in [5, 5.41) is 0. The Morgan fingerprint density at radius 1 is 1.15 bits per heavy atom. The van der Waals surface area contributed by atoms with Crippen LogP contribution >= 0.6 is 0 Å². The van der Waals surface area contributed by atoms with E-state index in [0.717, 1.165) is 25.7 Å². The molecule has 0 radical (unpaired) electrons. The van der Waals surface area contributed by atoms with Gasteiger partial charge in [0.2, 0.25) is 11.9 Å². The zero-order valence-corrected chi connectivity index (χ0v) is 14.3. The van der Waals surface area contributed by atoms with Crippen molar-refractivity contribution in [1.29, 1.82) is 0 Å². The molecule has 1 atom stereocenters. The highest BCUT2D eigenvalue weighted by Gasteiger charge is 2.71. The topological polar surface area (TPSA) is 46.1 Å². The van der Waals surface area contributed by atoms with Crippen molar-refractivity contribution < 1.29 is 13.6 Å². The van der Waals surface area contributed by atoms with Gasteiger partial charge < -0.3 is 4.90 Å². The molecule has 3 saturated carbocycles. The van der Waals surface area contributed by atoms with Crippen molar-refractivity contribution in [1.82, 2.24) is 14.9 Å². The van der Waals surface area contributed by atoms with Crippen molar-refractivity contribution in [2.45, 2.75) is 49.0 Å². The minimum atomic E-state index is -1.09. The molecule has 2 aromatic rings. The number of hydrogen-bond donors (Lipinski definition) is 0. The number of hydrogen-bond acceptors (Lipinski definition) is 3. The first-order valence-corrected chi connectivity index (χ1v) is 9.03. The van der Waals surface area contributed by atoms with Crippen LogP contribution in [0.3, 0.4) is 0 Å². The number of carbonyl (C=O) groups is 1. The monoisotopic (exact) mass is 355 g/mol. The summed E-state index contributed by atoms with van der Waals surface area (Å²) in [7, 11) is 0. The Morgan fingerprint density at radius 2 is 1.88 bits per heavy atom. The normalized spacial score (nSPS) is 32.8. The number of aromatic nitrogens is 2. The average molecular weight is 355 g/mol. The second kappa shape index (κ2) is 5.32. The van der Waals surface area contributed by atoms with Crippen LogP contribution in [0, 0.1) is 11.8 Å². The molecule has 2 bridgehead atoms. The summed E-state index contributed by atoms with van der Waals surface area (Å²) in [6.07, 6.45) is 9.18. The molecule has 26 heavy (non-hydrogen) atoms. The smallest absolute Gasteiger partial charge is 0.248 e. The zero-order chi connectivity index (χ0) is 17.9. The second-order valence-electron chi connectivity index (χ2n) is 8.05. The molecule has 6 rings (SSSR count). The summed E-state index contributed by atoms with van der Waals surface area (Å²) in [5.41, 5.74) is 2.18. The van der Waals surface area contributed by atoms with E-state index in [-0.39, 0.29) is 22.8 Å². The lowest BCUT2D eigenvalue weighted by Gasteiger charge is -2.74. The SMILES string of the molecule is O=C1C[C@@H](c2cnc(F)c(F)c2)CCN1C12CC(c3ccncc3)(C1)C2. The van der Waals surface area contributed by atoms with Gasteiger partial charge in [-0.2, -0.15) is 4.39 Å². The maximum Gasteiger partial charge on any atom is 0.248 e. The van der Waals surface area contributed by atoms with Crippen LogP contribution in [0.5, 0.6) is 0 Å². The van der Waals surface area contributed by atoms with Crippen LogP contribution in [0.1, 0.15) is 49.1 Å². The molecule has 0 spiro atoms. The molecule has 0 N–H and O–H groups in total. The maximum atomic E-state index is 13.4. The van der Waals surface area contributed by atoms with E-state index in [0.29, 0.717) is 18.5 Å². The van der Waals surface area contributed by atoms with Gasteiger partial charge in [-0.25, -0.2) is 9.37 Å². The highest BCUT2D eigenvalue weighted by Crippen LogP contribution is 2.70. The van der Waals surface area contributed by atoms with Crippen LogP contribution in [0.15, 0.2) is 36.8 Å². The van der Waals surface area contributed by atoms with E-state index in [1.54, 1.807) is 0 Å². The predicted molar refractivity (Wildman–Crippen MR) is 90.3 cm³/mol. The summed E-state index contributed by atoms with van der Waals surface area (Å²) in [4.78, 5) is 22.3. The fraction of sp³-hybridized carbons (Fsp3) is 0.450. The largest absolute Gasteiger partial charge is 0.337 e. The first-order chi connectivity index (χ1) is 12.5. The van der Waals surface area contributed by atoms with E-state index >= 15 is 0 Å². The van der Waals surface area contributed by atoms with Gasteiger partial charge in [-0.1, -0.05) is 0 Å². The Hall–Kier alpha value is -2.37. The molecule has 134 valence electrons. The Balaban J connectivity index is 1.27. The minimum absolute atomic E-state index is 0.0115. The van der Waals surface area contributed by atoms with E-state index in [4.69, 9.17) is 0 Å². The van der Waals surface area contributed by atoms with Crippen molar-refractivity contribution >= 4 is 5.91 Å². The van der Waals surface area contributed by atoms with E-state index in [2.05, 4.69) is 22.1 Å². The molecule has 0 aromatic carbocycles. The van der Waals surface area contributed by atoms with Crippen LogP contribution in [0.25, 0.3) is 0 Å². The van der Waals surface area contributed by atoms with Crippen molar-refractivity contribution in [3.8, 4) is 0 Å². The lowest BCUT2D eigenvalue weighted by molar-refractivity contribution is -0.189. The highest BCUT2D eigenvalue weighted by molar-refractivity contribution is 5.80. The third-order valence-corrected chi connectivity index (χ3v) is 6.58. The molecule has 3 aliphatic carbocycles.